The maximum Gasteiger partial charge on any atom is 0.256 e. The third kappa shape index (κ3) is 2.96. The smallest absolute Gasteiger partial charge is 0.256 e. The monoisotopic (exact) mass is 262 g/mol. The molecule has 2 rings (SSSR count). The lowest BCUT2D eigenvalue weighted by Gasteiger charge is -2.33. The molecule has 1 aromatic rings. The van der Waals surface area contributed by atoms with Gasteiger partial charge in [0.25, 0.3) is 5.91 Å². The van der Waals surface area contributed by atoms with E-state index in [-0.39, 0.29) is 12.0 Å². The maximum absolute atomic E-state index is 12.5. The van der Waals surface area contributed by atoms with E-state index in [0.29, 0.717) is 26.1 Å². The summed E-state index contributed by atoms with van der Waals surface area (Å²) in [5.41, 5.74) is 8.87. The van der Waals surface area contributed by atoms with Crippen molar-refractivity contribution in [3.63, 3.8) is 0 Å². The predicted octanol–water partition coefficient (Wildman–Crippen LogP) is 1.77. The van der Waals surface area contributed by atoms with Crippen LogP contribution in [-0.2, 0) is 9.53 Å². The molecule has 1 saturated heterocycles. The van der Waals surface area contributed by atoms with Gasteiger partial charge in [0.1, 0.15) is 6.10 Å². The summed E-state index contributed by atoms with van der Waals surface area (Å²) in [6.07, 6.45) is 1.19. The topological polar surface area (TPSA) is 55.6 Å². The Hall–Kier alpha value is -1.39. The first-order valence-corrected chi connectivity index (χ1v) is 6.84. The first-order chi connectivity index (χ1) is 9.15. The van der Waals surface area contributed by atoms with Crippen molar-refractivity contribution in [1.29, 1.82) is 0 Å². The van der Waals surface area contributed by atoms with Crippen molar-refractivity contribution >= 4 is 11.6 Å². The van der Waals surface area contributed by atoms with Gasteiger partial charge >= 0.3 is 0 Å². The van der Waals surface area contributed by atoms with Crippen LogP contribution >= 0.6 is 0 Å². The van der Waals surface area contributed by atoms with E-state index >= 15 is 0 Å². The van der Waals surface area contributed by atoms with Crippen molar-refractivity contribution in [1.82, 2.24) is 0 Å². The van der Waals surface area contributed by atoms with Crippen molar-refractivity contribution in [3.05, 3.63) is 29.3 Å². The van der Waals surface area contributed by atoms with Crippen LogP contribution in [0.5, 0.6) is 0 Å². The SMILES string of the molecule is Cc1cccc(N2CCOC(CCCN)C2=O)c1C. The first-order valence-electron chi connectivity index (χ1n) is 6.84. The number of nitrogens with two attached hydrogens (primary N) is 1. The van der Waals surface area contributed by atoms with Crippen LogP contribution in [0.1, 0.15) is 24.0 Å². The minimum absolute atomic E-state index is 0.0633. The molecule has 1 amide bonds. The second-order valence-electron chi connectivity index (χ2n) is 5.00. The van der Waals surface area contributed by atoms with E-state index in [1.54, 1.807) is 0 Å². The highest BCUT2D eigenvalue weighted by Gasteiger charge is 2.30. The summed E-state index contributed by atoms with van der Waals surface area (Å²) in [6.45, 7) is 5.94. The molecule has 1 unspecified atom stereocenters. The van der Waals surface area contributed by atoms with Gasteiger partial charge in [0.2, 0.25) is 0 Å². The zero-order chi connectivity index (χ0) is 13.8. The van der Waals surface area contributed by atoms with Crippen molar-refractivity contribution in [2.45, 2.75) is 32.8 Å². The number of carbonyl (C=O) groups is 1. The van der Waals surface area contributed by atoms with Gasteiger partial charge in [-0.05, 0) is 50.4 Å². The fourth-order valence-corrected chi connectivity index (χ4v) is 2.42. The molecule has 0 radical (unpaired) electrons. The molecule has 0 saturated carbocycles. The summed E-state index contributed by atoms with van der Waals surface area (Å²) in [5.74, 6) is 0.0633. The zero-order valence-electron chi connectivity index (χ0n) is 11.7. The molecule has 19 heavy (non-hydrogen) atoms. The zero-order valence-corrected chi connectivity index (χ0v) is 11.7. The van der Waals surface area contributed by atoms with Crippen molar-refractivity contribution in [3.8, 4) is 0 Å². The third-order valence-electron chi connectivity index (χ3n) is 3.71. The second kappa shape index (κ2) is 6.17. The van der Waals surface area contributed by atoms with Crippen LogP contribution in [-0.4, -0.2) is 31.7 Å². The van der Waals surface area contributed by atoms with Gasteiger partial charge in [-0.15, -0.1) is 0 Å². The number of aryl methyl sites for hydroxylation is 1. The highest BCUT2D eigenvalue weighted by molar-refractivity contribution is 5.97. The summed E-state index contributed by atoms with van der Waals surface area (Å²) in [7, 11) is 0. The van der Waals surface area contributed by atoms with Crippen LogP contribution in [0.2, 0.25) is 0 Å². The fraction of sp³-hybridized carbons (Fsp3) is 0.533. The average Bonchev–Trinajstić information content (AvgIpc) is 2.41. The van der Waals surface area contributed by atoms with Crippen LogP contribution in [0.4, 0.5) is 5.69 Å². The third-order valence-corrected chi connectivity index (χ3v) is 3.71. The Kier molecular flexibility index (Phi) is 4.56. The number of morpholine rings is 1. The van der Waals surface area contributed by atoms with Gasteiger partial charge in [-0.2, -0.15) is 0 Å². The Morgan fingerprint density at radius 1 is 1.42 bits per heavy atom. The minimum Gasteiger partial charge on any atom is -0.367 e. The molecule has 1 atom stereocenters. The van der Waals surface area contributed by atoms with Gasteiger partial charge in [0.05, 0.1) is 6.61 Å². The molecule has 0 aromatic heterocycles. The summed E-state index contributed by atoms with van der Waals surface area (Å²) in [5, 5.41) is 0. The summed E-state index contributed by atoms with van der Waals surface area (Å²) >= 11 is 0. The lowest BCUT2D eigenvalue weighted by atomic mass is 10.1. The largest absolute Gasteiger partial charge is 0.367 e. The molecule has 2 N–H and O–H groups in total. The number of anilines is 1. The normalized spacial score (nSPS) is 19.8. The Morgan fingerprint density at radius 2 is 2.21 bits per heavy atom. The molecule has 1 aromatic carbocycles. The molecule has 0 spiro atoms. The van der Waals surface area contributed by atoms with E-state index < -0.39 is 0 Å². The van der Waals surface area contributed by atoms with Crippen molar-refractivity contribution in [2.24, 2.45) is 5.73 Å². The average molecular weight is 262 g/mol. The van der Waals surface area contributed by atoms with Crippen LogP contribution in [0.15, 0.2) is 18.2 Å². The van der Waals surface area contributed by atoms with Crippen molar-refractivity contribution in [2.75, 3.05) is 24.6 Å². The Bertz CT molecular complexity index is 459. The van der Waals surface area contributed by atoms with E-state index in [1.165, 1.54) is 5.56 Å². The van der Waals surface area contributed by atoms with Gasteiger partial charge in [0, 0.05) is 12.2 Å². The molecule has 1 aliphatic heterocycles. The van der Waals surface area contributed by atoms with Gasteiger partial charge < -0.3 is 15.4 Å². The summed E-state index contributed by atoms with van der Waals surface area (Å²) in [4.78, 5) is 14.3. The molecule has 1 heterocycles. The van der Waals surface area contributed by atoms with Crippen LogP contribution in [0.3, 0.4) is 0 Å². The molecule has 1 fully saturated rings. The number of carbonyl (C=O) groups excluding carboxylic acids is 1. The first kappa shape index (κ1) is 14.0. The van der Waals surface area contributed by atoms with E-state index in [2.05, 4.69) is 19.9 Å². The highest BCUT2D eigenvalue weighted by Crippen LogP contribution is 2.26. The minimum atomic E-state index is -0.336. The number of amides is 1. The van der Waals surface area contributed by atoms with Crippen LogP contribution in [0.25, 0.3) is 0 Å². The summed E-state index contributed by atoms with van der Waals surface area (Å²) < 4.78 is 5.57. The molecule has 0 bridgehead atoms. The van der Waals surface area contributed by atoms with E-state index in [9.17, 15) is 4.79 Å². The molecule has 0 aliphatic carbocycles. The molecule has 104 valence electrons. The number of rotatable bonds is 4. The number of ether oxygens (including phenoxy) is 1. The number of benzene rings is 1. The van der Waals surface area contributed by atoms with Crippen LogP contribution < -0.4 is 10.6 Å². The standard InChI is InChI=1S/C15H22N2O2/c1-11-5-3-6-13(12(11)2)17-9-10-19-14(15(17)18)7-4-8-16/h3,5-6,14H,4,7-10,16H2,1-2H3. The Morgan fingerprint density at radius 3 is 2.95 bits per heavy atom. The Balaban J connectivity index is 2.19. The molecular weight excluding hydrogens is 240 g/mol. The van der Waals surface area contributed by atoms with Crippen LogP contribution in [0, 0.1) is 13.8 Å². The Labute approximate surface area is 114 Å². The highest BCUT2D eigenvalue weighted by atomic mass is 16.5. The van der Waals surface area contributed by atoms with Gasteiger partial charge in [0.15, 0.2) is 0 Å². The van der Waals surface area contributed by atoms with Gasteiger partial charge in [-0.1, -0.05) is 12.1 Å². The summed E-state index contributed by atoms with van der Waals surface area (Å²) in [6, 6.07) is 6.07. The van der Waals surface area contributed by atoms with E-state index in [4.69, 9.17) is 10.5 Å². The molecule has 1 aliphatic rings. The lowest BCUT2D eigenvalue weighted by Crippen LogP contribution is -2.48. The van der Waals surface area contributed by atoms with Crippen molar-refractivity contribution < 1.29 is 9.53 Å². The second-order valence-corrected chi connectivity index (χ2v) is 5.00. The predicted molar refractivity (Wildman–Crippen MR) is 76.3 cm³/mol. The molecular formula is C15H22N2O2. The lowest BCUT2D eigenvalue weighted by molar-refractivity contribution is -0.134. The maximum atomic E-state index is 12.5. The van der Waals surface area contributed by atoms with E-state index in [1.807, 2.05) is 17.0 Å². The number of nitrogens with zero attached hydrogens (tertiary/aromatic N) is 1. The van der Waals surface area contributed by atoms with Gasteiger partial charge in [-0.3, -0.25) is 4.79 Å². The fourth-order valence-electron chi connectivity index (χ4n) is 2.42. The number of hydrogen-bond donors (Lipinski definition) is 1. The quantitative estimate of drug-likeness (QED) is 0.899. The number of hydrogen-bond acceptors (Lipinski definition) is 3. The van der Waals surface area contributed by atoms with Gasteiger partial charge in [-0.25, -0.2) is 0 Å². The molecule has 4 heteroatoms. The van der Waals surface area contributed by atoms with E-state index in [0.717, 1.165) is 17.7 Å². The molecule has 4 nitrogen and oxygen atoms in total.